The number of nitrogens with one attached hydrogen (secondary N) is 2. The first-order chi connectivity index (χ1) is 11.0. The van der Waals surface area contributed by atoms with Gasteiger partial charge in [0.05, 0.1) is 18.8 Å². The van der Waals surface area contributed by atoms with Crippen molar-refractivity contribution in [1.82, 2.24) is 5.32 Å². The number of urea groups is 1. The molecule has 0 saturated carbocycles. The standard InChI is InChI=1S/C19H24N2O2/c1-5-16(15-11-10-13(2)14(3)12-15)20-19(22)21-17-8-6-7-9-18(17)23-4/h6-12,16H,5H2,1-4H3,(H2,20,21,22). The van der Waals surface area contributed by atoms with E-state index in [1.807, 2.05) is 24.3 Å². The van der Waals surface area contributed by atoms with Gasteiger partial charge in [-0.1, -0.05) is 37.3 Å². The van der Waals surface area contributed by atoms with Crippen LogP contribution in [0.15, 0.2) is 42.5 Å². The molecule has 0 saturated heterocycles. The summed E-state index contributed by atoms with van der Waals surface area (Å²) in [5.74, 6) is 0.641. The molecular formula is C19H24N2O2. The van der Waals surface area contributed by atoms with Gasteiger partial charge < -0.3 is 15.4 Å². The summed E-state index contributed by atoms with van der Waals surface area (Å²) in [7, 11) is 1.59. The summed E-state index contributed by atoms with van der Waals surface area (Å²) < 4.78 is 5.25. The third kappa shape index (κ3) is 4.25. The van der Waals surface area contributed by atoms with Gasteiger partial charge in [-0.2, -0.15) is 0 Å². The maximum atomic E-state index is 12.3. The van der Waals surface area contributed by atoms with Crippen LogP contribution in [0.25, 0.3) is 0 Å². The van der Waals surface area contributed by atoms with Crippen molar-refractivity contribution in [3.8, 4) is 5.75 Å². The van der Waals surface area contributed by atoms with Crippen LogP contribution in [0.1, 0.15) is 36.1 Å². The minimum absolute atomic E-state index is 0.0241. The maximum Gasteiger partial charge on any atom is 0.319 e. The van der Waals surface area contributed by atoms with Crippen LogP contribution in [0.4, 0.5) is 10.5 Å². The Morgan fingerprint density at radius 1 is 1.13 bits per heavy atom. The lowest BCUT2D eigenvalue weighted by Gasteiger charge is -2.19. The highest BCUT2D eigenvalue weighted by atomic mass is 16.5. The Morgan fingerprint density at radius 3 is 2.52 bits per heavy atom. The SMILES string of the molecule is CCC(NC(=O)Nc1ccccc1OC)c1ccc(C)c(C)c1. The molecule has 2 amide bonds. The van der Waals surface area contributed by atoms with E-state index < -0.39 is 0 Å². The van der Waals surface area contributed by atoms with Crippen LogP contribution in [-0.4, -0.2) is 13.1 Å². The first kappa shape index (κ1) is 16.9. The maximum absolute atomic E-state index is 12.3. The number of hydrogen-bond acceptors (Lipinski definition) is 2. The van der Waals surface area contributed by atoms with Crippen LogP contribution in [-0.2, 0) is 0 Å². The molecule has 0 aliphatic carbocycles. The van der Waals surface area contributed by atoms with Gasteiger partial charge in [0.15, 0.2) is 0 Å². The highest BCUT2D eigenvalue weighted by molar-refractivity contribution is 5.91. The van der Waals surface area contributed by atoms with Crippen molar-refractivity contribution in [2.75, 3.05) is 12.4 Å². The van der Waals surface area contributed by atoms with Crippen LogP contribution in [0.2, 0.25) is 0 Å². The molecule has 0 aliphatic heterocycles. The van der Waals surface area contributed by atoms with Gasteiger partial charge in [0.2, 0.25) is 0 Å². The zero-order valence-electron chi connectivity index (χ0n) is 14.1. The molecule has 4 nitrogen and oxygen atoms in total. The minimum Gasteiger partial charge on any atom is -0.495 e. The van der Waals surface area contributed by atoms with E-state index in [2.05, 4.69) is 49.6 Å². The van der Waals surface area contributed by atoms with E-state index in [0.29, 0.717) is 11.4 Å². The fraction of sp³-hybridized carbons (Fsp3) is 0.316. The number of amides is 2. The molecule has 0 aromatic heterocycles. The lowest BCUT2D eigenvalue weighted by Crippen LogP contribution is -2.32. The highest BCUT2D eigenvalue weighted by Gasteiger charge is 2.14. The lowest BCUT2D eigenvalue weighted by molar-refractivity contribution is 0.248. The van der Waals surface area contributed by atoms with Gasteiger partial charge in [0, 0.05) is 0 Å². The number of aryl methyl sites for hydroxylation is 2. The summed E-state index contributed by atoms with van der Waals surface area (Å²) in [6.45, 7) is 6.23. The Balaban J connectivity index is 2.09. The zero-order valence-corrected chi connectivity index (χ0v) is 14.1. The van der Waals surface area contributed by atoms with Gasteiger partial charge in [-0.25, -0.2) is 4.79 Å². The van der Waals surface area contributed by atoms with Gasteiger partial charge in [-0.3, -0.25) is 0 Å². The topological polar surface area (TPSA) is 50.4 Å². The molecule has 2 aromatic rings. The Morgan fingerprint density at radius 2 is 1.87 bits per heavy atom. The van der Waals surface area contributed by atoms with Crippen LogP contribution >= 0.6 is 0 Å². The van der Waals surface area contributed by atoms with Crippen molar-refractivity contribution in [3.63, 3.8) is 0 Å². The second-order valence-corrected chi connectivity index (χ2v) is 5.60. The molecular weight excluding hydrogens is 288 g/mol. The Hall–Kier alpha value is -2.49. The largest absolute Gasteiger partial charge is 0.495 e. The number of carbonyl (C=O) groups excluding carboxylic acids is 1. The van der Waals surface area contributed by atoms with Crippen LogP contribution in [0.5, 0.6) is 5.75 Å². The molecule has 122 valence electrons. The monoisotopic (exact) mass is 312 g/mol. The van der Waals surface area contributed by atoms with Crippen molar-refractivity contribution < 1.29 is 9.53 Å². The Labute approximate surface area is 137 Å². The molecule has 4 heteroatoms. The third-order valence-corrected chi connectivity index (χ3v) is 4.00. The Kier molecular flexibility index (Phi) is 5.63. The normalized spacial score (nSPS) is 11.7. The van der Waals surface area contributed by atoms with Crippen LogP contribution in [0.3, 0.4) is 0 Å². The molecule has 1 atom stereocenters. The predicted octanol–water partition coefficient (Wildman–Crippen LogP) is 4.58. The van der Waals surface area contributed by atoms with E-state index in [0.717, 1.165) is 12.0 Å². The molecule has 0 fully saturated rings. The summed E-state index contributed by atoms with van der Waals surface area (Å²) in [5.41, 5.74) is 4.25. The van der Waals surface area contributed by atoms with Gasteiger partial charge in [-0.15, -0.1) is 0 Å². The molecule has 0 bridgehead atoms. The highest BCUT2D eigenvalue weighted by Crippen LogP contribution is 2.24. The molecule has 2 aromatic carbocycles. The number of rotatable bonds is 5. The van der Waals surface area contributed by atoms with Crippen molar-refractivity contribution in [2.24, 2.45) is 0 Å². The number of ether oxygens (including phenoxy) is 1. The first-order valence-corrected chi connectivity index (χ1v) is 7.82. The van der Waals surface area contributed by atoms with Gasteiger partial charge in [0.25, 0.3) is 0 Å². The first-order valence-electron chi connectivity index (χ1n) is 7.82. The number of methoxy groups -OCH3 is 1. The lowest BCUT2D eigenvalue weighted by atomic mass is 9.99. The third-order valence-electron chi connectivity index (χ3n) is 4.00. The molecule has 2 rings (SSSR count). The number of hydrogen-bond donors (Lipinski definition) is 2. The zero-order chi connectivity index (χ0) is 16.8. The average Bonchev–Trinajstić information content (AvgIpc) is 2.55. The minimum atomic E-state index is -0.237. The molecule has 23 heavy (non-hydrogen) atoms. The van der Waals surface area contributed by atoms with Crippen molar-refractivity contribution in [3.05, 3.63) is 59.2 Å². The average molecular weight is 312 g/mol. The van der Waals surface area contributed by atoms with Gasteiger partial charge in [-0.05, 0) is 49.1 Å². The van der Waals surface area contributed by atoms with Crippen molar-refractivity contribution in [2.45, 2.75) is 33.2 Å². The molecule has 2 N–H and O–H groups in total. The summed E-state index contributed by atoms with van der Waals surface area (Å²) in [6.07, 6.45) is 0.821. The van der Waals surface area contributed by atoms with Crippen molar-refractivity contribution in [1.29, 1.82) is 0 Å². The fourth-order valence-corrected chi connectivity index (χ4v) is 2.47. The molecule has 1 unspecified atom stereocenters. The second-order valence-electron chi connectivity index (χ2n) is 5.60. The smallest absolute Gasteiger partial charge is 0.319 e. The molecule has 0 spiro atoms. The van der Waals surface area contributed by atoms with Crippen LogP contribution < -0.4 is 15.4 Å². The summed E-state index contributed by atoms with van der Waals surface area (Å²) in [5, 5.41) is 5.87. The van der Waals surface area contributed by atoms with E-state index >= 15 is 0 Å². The predicted molar refractivity (Wildman–Crippen MR) is 94.1 cm³/mol. The fourth-order valence-electron chi connectivity index (χ4n) is 2.47. The number of anilines is 1. The van der Waals surface area contributed by atoms with E-state index in [-0.39, 0.29) is 12.1 Å². The van der Waals surface area contributed by atoms with E-state index in [1.165, 1.54) is 11.1 Å². The quantitative estimate of drug-likeness (QED) is 0.848. The van der Waals surface area contributed by atoms with E-state index in [9.17, 15) is 4.79 Å². The summed E-state index contributed by atoms with van der Waals surface area (Å²) in [6, 6.07) is 13.4. The second kappa shape index (κ2) is 7.68. The Bertz CT molecular complexity index is 683. The van der Waals surface area contributed by atoms with E-state index in [1.54, 1.807) is 7.11 Å². The molecule has 0 radical (unpaired) electrons. The molecule has 0 aliphatic rings. The van der Waals surface area contributed by atoms with E-state index in [4.69, 9.17) is 4.74 Å². The van der Waals surface area contributed by atoms with Crippen LogP contribution in [0, 0.1) is 13.8 Å². The number of carbonyl (C=O) groups is 1. The number of para-hydroxylation sites is 2. The van der Waals surface area contributed by atoms with Crippen molar-refractivity contribution >= 4 is 11.7 Å². The molecule has 0 heterocycles. The summed E-state index contributed by atoms with van der Waals surface area (Å²) in [4.78, 5) is 12.3. The van der Waals surface area contributed by atoms with Gasteiger partial charge >= 0.3 is 6.03 Å². The van der Waals surface area contributed by atoms with Gasteiger partial charge in [0.1, 0.15) is 5.75 Å². The number of benzene rings is 2. The summed E-state index contributed by atoms with van der Waals surface area (Å²) >= 11 is 0.